The van der Waals surface area contributed by atoms with Crippen LogP contribution in [0.25, 0.3) is 0 Å². The predicted molar refractivity (Wildman–Crippen MR) is 79.8 cm³/mol. The zero-order chi connectivity index (χ0) is 14.0. The zero-order valence-corrected chi connectivity index (χ0v) is 13.3. The predicted octanol–water partition coefficient (Wildman–Crippen LogP) is 2.02. The van der Waals surface area contributed by atoms with Gasteiger partial charge in [0.25, 0.3) is 0 Å². The van der Waals surface area contributed by atoms with Gasteiger partial charge in [-0.15, -0.1) is 0 Å². The number of nitrogens with two attached hydrogens (primary N) is 1. The van der Waals surface area contributed by atoms with Gasteiger partial charge in [-0.05, 0) is 51.7 Å². The number of rotatable bonds is 5. The fourth-order valence-electron chi connectivity index (χ4n) is 3.52. The zero-order valence-electron chi connectivity index (χ0n) is 13.3. The molecular formula is C15H33N3. The van der Waals surface area contributed by atoms with Crippen LogP contribution in [-0.4, -0.2) is 56.1 Å². The molecule has 1 rings (SSSR count). The van der Waals surface area contributed by atoms with E-state index in [-0.39, 0.29) is 5.54 Å². The van der Waals surface area contributed by atoms with E-state index < -0.39 is 0 Å². The number of nitrogens with zero attached hydrogens (tertiary/aromatic N) is 2. The van der Waals surface area contributed by atoms with Gasteiger partial charge in [-0.1, -0.05) is 20.8 Å². The van der Waals surface area contributed by atoms with Crippen molar-refractivity contribution < 1.29 is 0 Å². The molecule has 1 aliphatic rings. The van der Waals surface area contributed by atoms with Crippen molar-refractivity contribution >= 4 is 0 Å². The maximum Gasteiger partial charge on any atom is 0.0355 e. The smallest absolute Gasteiger partial charge is 0.0355 e. The Hall–Kier alpha value is -0.120. The summed E-state index contributed by atoms with van der Waals surface area (Å²) < 4.78 is 0. The third-order valence-corrected chi connectivity index (χ3v) is 5.01. The van der Waals surface area contributed by atoms with Crippen LogP contribution in [0.2, 0.25) is 0 Å². The third kappa shape index (κ3) is 3.46. The van der Waals surface area contributed by atoms with Gasteiger partial charge in [-0.25, -0.2) is 0 Å². The highest BCUT2D eigenvalue weighted by molar-refractivity contribution is 5.01. The standard InChI is InChI=1S/C15H33N3/c1-13-11-14(2,3)7-8-15(13,12-16)18(6)10-9-17(4)5/h13H,7-12,16H2,1-6H3. The van der Waals surface area contributed by atoms with Crippen LogP contribution in [-0.2, 0) is 0 Å². The Kier molecular flexibility index (Phi) is 5.22. The van der Waals surface area contributed by atoms with Gasteiger partial charge in [0.2, 0.25) is 0 Å². The van der Waals surface area contributed by atoms with E-state index in [1.54, 1.807) is 0 Å². The number of hydrogen-bond acceptors (Lipinski definition) is 3. The van der Waals surface area contributed by atoms with Gasteiger partial charge >= 0.3 is 0 Å². The molecular weight excluding hydrogens is 222 g/mol. The molecule has 0 spiro atoms. The van der Waals surface area contributed by atoms with Crippen LogP contribution in [0.5, 0.6) is 0 Å². The minimum atomic E-state index is 0.214. The minimum absolute atomic E-state index is 0.214. The Balaban J connectivity index is 2.73. The molecule has 3 heteroatoms. The highest BCUT2D eigenvalue weighted by atomic mass is 15.2. The molecule has 0 aliphatic heterocycles. The molecule has 1 fully saturated rings. The molecule has 0 saturated heterocycles. The van der Waals surface area contributed by atoms with Crippen molar-refractivity contribution in [3.63, 3.8) is 0 Å². The second kappa shape index (κ2) is 5.89. The van der Waals surface area contributed by atoms with Gasteiger partial charge in [0.1, 0.15) is 0 Å². The molecule has 2 unspecified atom stereocenters. The molecule has 0 amide bonds. The molecule has 1 saturated carbocycles. The molecule has 0 aromatic carbocycles. The van der Waals surface area contributed by atoms with E-state index in [1.165, 1.54) is 19.3 Å². The number of hydrogen-bond donors (Lipinski definition) is 1. The molecule has 0 aromatic rings. The highest BCUT2D eigenvalue weighted by Crippen LogP contribution is 2.45. The number of likely N-dealkylation sites (N-methyl/N-ethyl adjacent to an activating group) is 2. The van der Waals surface area contributed by atoms with Crippen LogP contribution >= 0.6 is 0 Å². The quantitative estimate of drug-likeness (QED) is 0.816. The normalized spacial score (nSPS) is 32.2. The average molecular weight is 255 g/mol. The van der Waals surface area contributed by atoms with Crippen molar-refractivity contribution in [3.8, 4) is 0 Å². The van der Waals surface area contributed by atoms with Gasteiger partial charge in [0.05, 0.1) is 0 Å². The van der Waals surface area contributed by atoms with Gasteiger partial charge in [0, 0.05) is 25.2 Å². The lowest BCUT2D eigenvalue weighted by molar-refractivity contribution is -0.00936. The molecule has 3 nitrogen and oxygen atoms in total. The molecule has 2 N–H and O–H groups in total. The van der Waals surface area contributed by atoms with E-state index in [1.807, 2.05) is 0 Å². The van der Waals surface area contributed by atoms with E-state index in [2.05, 4.69) is 51.7 Å². The average Bonchev–Trinajstić information content (AvgIpc) is 2.26. The summed E-state index contributed by atoms with van der Waals surface area (Å²) in [5.41, 5.74) is 6.87. The first-order valence-electron chi connectivity index (χ1n) is 7.29. The maximum absolute atomic E-state index is 6.17. The van der Waals surface area contributed by atoms with Crippen LogP contribution in [0, 0.1) is 11.3 Å². The fraction of sp³-hybridized carbons (Fsp3) is 1.00. The monoisotopic (exact) mass is 255 g/mol. The molecule has 0 radical (unpaired) electrons. The summed E-state index contributed by atoms with van der Waals surface area (Å²) in [7, 11) is 6.53. The summed E-state index contributed by atoms with van der Waals surface area (Å²) in [5.74, 6) is 0.679. The molecule has 108 valence electrons. The Morgan fingerprint density at radius 1 is 1.11 bits per heavy atom. The van der Waals surface area contributed by atoms with Crippen molar-refractivity contribution in [2.75, 3.05) is 40.8 Å². The fourth-order valence-corrected chi connectivity index (χ4v) is 3.52. The Morgan fingerprint density at radius 3 is 2.17 bits per heavy atom. The molecule has 2 atom stereocenters. The van der Waals surface area contributed by atoms with E-state index >= 15 is 0 Å². The first-order chi connectivity index (χ1) is 8.23. The van der Waals surface area contributed by atoms with Crippen molar-refractivity contribution in [1.29, 1.82) is 0 Å². The van der Waals surface area contributed by atoms with E-state index in [9.17, 15) is 0 Å². The summed E-state index contributed by atoms with van der Waals surface area (Å²) in [6, 6.07) is 0. The summed E-state index contributed by atoms with van der Waals surface area (Å²) in [4.78, 5) is 4.77. The van der Waals surface area contributed by atoms with E-state index in [0.29, 0.717) is 11.3 Å². The van der Waals surface area contributed by atoms with Crippen LogP contribution in [0.15, 0.2) is 0 Å². The highest BCUT2D eigenvalue weighted by Gasteiger charge is 2.45. The van der Waals surface area contributed by atoms with Crippen LogP contribution in [0.4, 0.5) is 0 Å². The largest absolute Gasteiger partial charge is 0.329 e. The minimum Gasteiger partial charge on any atom is -0.329 e. The molecule has 0 heterocycles. The van der Waals surface area contributed by atoms with E-state index in [0.717, 1.165) is 19.6 Å². The topological polar surface area (TPSA) is 32.5 Å². The summed E-state index contributed by atoms with van der Waals surface area (Å²) >= 11 is 0. The third-order valence-electron chi connectivity index (χ3n) is 5.01. The summed E-state index contributed by atoms with van der Waals surface area (Å²) in [6.07, 6.45) is 3.82. The first-order valence-corrected chi connectivity index (χ1v) is 7.29. The summed E-state index contributed by atoms with van der Waals surface area (Å²) in [6.45, 7) is 10.2. The second-order valence-electron chi connectivity index (χ2n) is 7.30. The van der Waals surface area contributed by atoms with Crippen molar-refractivity contribution in [3.05, 3.63) is 0 Å². The van der Waals surface area contributed by atoms with E-state index in [4.69, 9.17) is 5.73 Å². The SMILES string of the molecule is CC1CC(C)(C)CCC1(CN)N(C)CCN(C)C. The van der Waals surface area contributed by atoms with Gasteiger partial charge in [-0.2, -0.15) is 0 Å². The Bertz CT molecular complexity index is 262. The Labute approximate surface area is 114 Å². The molecule has 0 aromatic heterocycles. The maximum atomic E-state index is 6.17. The lowest BCUT2D eigenvalue weighted by Gasteiger charge is -2.53. The first kappa shape index (κ1) is 15.9. The van der Waals surface area contributed by atoms with Crippen molar-refractivity contribution in [2.24, 2.45) is 17.1 Å². The Morgan fingerprint density at radius 2 is 1.72 bits per heavy atom. The molecule has 18 heavy (non-hydrogen) atoms. The van der Waals surface area contributed by atoms with Gasteiger partial charge in [-0.3, -0.25) is 4.90 Å². The van der Waals surface area contributed by atoms with Gasteiger partial charge < -0.3 is 10.6 Å². The van der Waals surface area contributed by atoms with Crippen LogP contribution in [0.1, 0.15) is 40.0 Å². The van der Waals surface area contributed by atoms with Crippen molar-refractivity contribution in [2.45, 2.75) is 45.6 Å². The lowest BCUT2D eigenvalue weighted by atomic mass is 9.63. The summed E-state index contributed by atoms with van der Waals surface area (Å²) in [5, 5.41) is 0. The van der Waals surface area contributed by atoms with Crippen LogP contribution < -0.4 is 5.73 Å². The van der Waals surface area contributed by atoms with Crippen LogP contribution in [0.3, 0.4) is 0 Å². The van der Waals surface area contributed by atoms with Crippen molar-refractivity contribution in [1.82, 2.24) is 9.80 Å². The molecule has 0 bridgehead atoms. The van der Waals surface area contributed by atoms with Gasteiger partial charge in [0.15, 0.2) is 0 Å². The molecule has 1 aliphatic carbocycles. The lowest BCUT2D eigenvalue weighted by Crippen LogP contribution is -2.60. The second-order valence-corrected chi connectivity index (χ2v) is 7.30.